The fourth-order valence-corrected chi connectivity index (χ4v) is 3.34. The Bertz CT molecular complexity index is 738. The van der Waals surface area contributed by atoms with E-state index in [1.54, 1.807) is 13.1 Å². The maximum Gasteiger partial charge on any atom is 0.245 e. The number of Topliss-reactive ketones (excluding diaryl/α,β-unsaturated/α-hetero) is 1. The molecule has 9 nitrogen and oxygen atoms in total. The van der Waals surface area contributed by atoms with Crippen LogP contribution in [0.3, 0.4) is 0 Å². The summed E-state index contributed by atoms with van der Waals surface area (Å²) >= 11 is 0. The number of carbonyl (C=O) groups is 2. The first-order valence-corrected chi connectivity index (χ1v) is 10.8. The number of benzene rings is 1. The van der Waals surface area contributed by atoms with Crippen molar-refractivity contribution >= 4 is 17.4 Å². The molecule has 1 saturated heterocycles. The lowest BCUT2D eigenvalue weighted by atomic mass is 9.98. The van der Waals surface area contributed by atoms with Gasteiger partial charge >= 0.3 is 0 Å². The van der Waals surface area contributed by atoms with Gasteiger partial charge in [0.05, 0.1) is 59.5 Å². The van der Waals surface area contributed by atoms with E-state index in [9.17, 15) is 9.59 Å². The lowest BCUT2D eigenvalue weighted by Gasteiger charge is -2.20. The van der Waals surface area contributed by atoms with Gasteiger partial charge in [-0.15, -0.1) is 0 Å². The van der Waals surface area contributed by atoms with Crippen LogP contribution in [0, 0.1) is 5.92 Å². The predicted octanol–water partition coefficient (Wildman–Crippen LogP) is 1.56. The first-order valence-electron chi connectivity index (χ1n) is 10.8. The number of ketones is 1. The van der Waals surface area contributed by atoms with Crippen molar-refractivity contribution in [2.24, 2.45) is 5.92 Å². The van der Waals surface area contributed by atoms with Crippen LogP contribution in [-0.4, -0.2) is 84.0 Å². The fraction of sp³-hybridized carbons (Fsp3) is 0.565. The molecule has 3 rings (SSSR count). The first-order chi connectivity index (χ1) is 15.7. The molecule has 176 valence electrons. The molecule has 9 heteroatoms. The summed E-state index contributed by atoms with van der Waals surface area (Å²) < 4.78 is 33.1. The van der Waals surface area contributed by atoms with Crippen molar-refractivity contribution in [2.75, 3.05) is 71.0 Å². The Morgan fingerprint density at radius 2 is 1.53 bits per heavy atom. The summed E-state index contributed by atoms with van der Waals surface area (Å²) in [6.07, 6.45) is 0.945. The van der Waals surface area contributed by atoms with Crippen LogP contribution < -0.4 is 4.90 Å². The van der Waals surface area contributed by atoms with E-state index >= 15 is 0 Å². The van der Waals surface area contributed by atoms with E-state index in [1.807, 2.05) is 30.3 Å². The molecule has 0 N–H and O–H groups in total. The highest BCUT2D eigenvalue weighted by molar-refractivity contribution is 6.14. The zero-order valence-electron chi connectivity index (χ0n) is 18.4. The third kappa shape index (κ3) is 7.47. The minimum atomic E-state index is -0.866. The summed E-state index contributed by atoms with van der Waals surface area (Å²) in [6.45, 7) is 5.00. The smallest absolute Gasteiger partial charge is 0.245 e. The fourth-order valence-electron chi connectivity index (χ4n) is 3.34. The molecule has 2 atom stereocenters. The van der Waals surface area contributed by atoms with Crippen molar-refractivity contribution in [3.05, 3.63) is 42.1 Å². The Labute approximate surface area is 188 Å². The first kappa shape index (κ1) is 24.5. The molecule has 32 heavy (non-hydrogen) atoms. The van der Waals surface area contributed by atoms with Gasteiger partial charge < -0.3 is 28.4 Å². The molecule has 0 spiro atoms. The molecule has 0 radical (unpaired) electrons. The van der Waals surface area contributed by atoms with Gasteiger partial charge in [0.2, 0.25) is 5.91 Å². The summed E-state index contributed by atoms with van der Waals surface area (Å²) in [5.41, 5.74) is 1.40. The number of ether oxygens (including phenoxy) is 6. The Morgan fingerprint density at radius 1 is 0.938 bits per heavy atom. The molecular formula is C23H31NO8. The van der Waals surface area contributed by atoms with Crippen molar-refractivity contribution in [1.29, 1.82) is 0 Å². The molecule has 2 aliphatic heterocycles. The van der Waals surface area contributed by atoms with Crippen molar-refractivity contribution < 1.29 is 38.0 Å². The normalized spacial score (nSPS) is 24.5. The third-order valence-corrected chi connectivity index (χ3v) is 4.94. The van der Waals surface area contributed by atoms with Crippen LogP contribution in [0.5, 0.6) is 0 Å². The zero-order valence-corrected chi connectivity index (χ0v) is 18.4. The molecule has 0 aliphatic carbocycles. The van der Waals surface area contributed by atoms with Crippen LogP contribution in [0.2, 0.25) is 0 Å². The van der Waals surface area contributed by atoms with Crippen LogP contribution in [0.1, 0.15) is 6.92 Å². The van der Waals surface area contributed by atoms with E-state index in [2.05, 4.69) is 0 Å². The van der Waals surface area contributed by atoms with E-state index in [1.165, 1.54) is 4.90 Å². The summed E-state index contributed by atoms with van der Waals surface area (Å²) in [4.78, 5) is 27.2. The topological polar surface area (TPSA) is 92.8 Å². The van der Waals surface area contributed by atoms with Gasteiger partial charge in [-0.05, 0) is 24.6 Å². The van der Waals surface area contributed by atoms with E-state index < -0.39 is 12.2 Å². The van der Waals surface area contributed by atoms with Crippen molar-refractivity contribution in [3.8, 4) is 0 Å². The highest BCUT2D eigenvalue weighted by Crippen LogP contribution is 2.28. The number of rotatable bonds is 5. The summed E-state index contributed by atoms with van der Waals surface area (Å²) in [5, 5.41) is 0. The van der Waals surface area contributed by atoms with Crippen LogP contribution in [0.15, 0.2) is 42.1 Å². The second-order valence-corrected chi connectivity index (χ2v) is 7.34. The van der Waals surface area contributed by atoms with E-state index in [0.717, 1.165) is 5.69 Å². The zero-order chi connectivity index (χ0) is 22.6. The predicted molar refractivity (Wildman–Crippen MR) is 115 cm³/mol. The van der Waals surface area contributed by atoms with Crippen molar-refractivity contribution in [2.45, 2.75) is 13.2 Å². The minimum Gasteiger partial charge on any atom is -0.377 e. The van der Waals surface area contributed by atoms with Gasteiger partial charge in [0.25, 0.3) is 0 Å². The van der Waals surface area contributed by atoms with Gasteiger partial charge in [-0.1, -0.05) is 18.2 Å². The number of hydrogen-bond acceptors (Lipinski definition) is 8. The molecule has 2 unspecified atom stereocenters. The standard InChI is InChI=1S/C23H31NO8/c1-18-15-24(19-5-3-2-4-6-19)23(26)22(18)20(25)16-32-21-17-30-12-11-28-8-7-27-9-10-29-13-14-31-21/h2-6,15,21-22H,7-14,16-17H2,1H3. The second kappa shape index (κ2) is 13.4. The van der Waals surface area contributed by atoms with Gasteiger partial charge in [0, 0.05) is 11.9 Å². The van der Waals surface area contributed by atoms with Gasteiger partial charge in [0.15, 0.2) is 12.1 Å². The Kier molecular flexibility index (Phi) is 10.3. The van der Waals surface area contributed by atoms with Gasteiger partial charge in [-0.3, -0.25) is 14.5 Å². The Hall–Kier alpha value is -2.14. The van der Waals surface area contributed by atoms with E-state index in [4.69, 9.17) is 28.4 Å². The maximum absolute atomic E-state index is 12.9. The van der Waals surface area contributed by atoms with Crippen LogP contribution in [0.4, 0.5) is 5.69 Å². The largest absolute Gasteiger partial charge is 0.377 e. The van der Waals surface area contributed by atoms with Crippen molar-refractivity contribution in [3.63, 3.8) is 0 Å². The second-order valence-electron chi connectivity index (χ2n) is 7.34. The van der Waals surface area contributed by atoms with Crippen molar-refractivity contribution in [1.82, 2.24) is 0 Å². The average molecular weight is 450 g/mol. The van der Waals surface area contributed by atoms with E-state index in [-0.39, 0.29) is 31.5 Å². The summed E-state index contributed by atoms with van der Waals surface area (Å²) in [6, 6.07) is 9.21. The number of carbonyl (C=O) groups excluding carboxylic acids is 2. The highest BCUT2D eigenvalue weighted by Gasteiger charge is 2.37. The summed E-state index contributed by atoms with van der Waals surface area (Å²) in [5.74, 6) is -1.47. The minimum absolute atomic E-state index is 0.136. The molecule has 2 heterocycles. The Balaban J connectivity index is 1.50. The van der Waals surface area contributed by atoms with Crippen LogP contribution >= 0.6 is 0 Å². The molecule has 0 bridgehead atoms. The van der Waals surface area contributed by atoms with Crippen LogP contribution in [-0.2, 0) is 38.0 Å². The molecule has 0 aromatic heterocycles. The third-order valence-electron chi connectivity index (χ3n) is 4.94. The number of amides is 1. The Morgan fingerprint density at radius 3 is 2.19 bits per heavy atom. The van der Waals surface area contributed by atoms with E-state index in [0.29, 0.717) is 51.8 Å². The molecule has 1 aromatic rings. The lowest BCUT2D eigenvalue weighted by molar-refractivity contribution is -0.183. The number of nitrogens with zero attached hydrogens (tertiary/aromatic N) is 1. The monoisotopic (exact) mass is 449 g/mol. The van der Waals surface area contributed by atoms with Gasteiger partial charge in [-0.2, -0.15) is 0 Å². The SMILES string of the molecule is CC1=CN(c2ccccc2)C(=O)C1C(=O)COC1COCCOCCOCCOCCO1. The van der Waals surface area contributed by atoms with Crippen LogP contribution in [0.25, 0.3) is 0 Å². The quantitative estimate of drug-likeness (QED) is 0.626. The maximum atomic E-state index is 12.9. The molecule has 2 aliphatic rings. The van der Waals surface area contributed by atoms with Gasteiger partial charge in [-0.25, -0.2) is 0 Å². The molecule has 0 saturated carbocycles. The van der Waals surface area contributed by atoms with Gasteiger partial charge in [0.1, 0.15) is 12.5 Å². The number of para-hydroxylation sites is 1. The number of anilines is 1. The average Bonchev–Trinajstić information content (AvgIpc) is 3.10. The molecule has 1 amide bonds. The lowest BCUT2D eigenvalue weighted by Crippen LogP contribution is -2.35. The molecule has 1 aromatic carbocycles. The molecular weight excluding hydrogens is 418 g/mol. The highest BCUT2D eigenvalue weighted by atomic mass is 16.7. The molecule has 1 fully saturated rings. The number of hydrogen-bond donors (Lipinski definition) is 0. The summed E-state index contributed by atoms with van der Waals surface area (Å²) in [7, 11) is 0.